The molecule has 0 aliphatic heterocycles. The van der Waals surface area contributed by atoms with E-state index in [1.165, 1.54) is 5.56 Å². The highest BCUT2D eigenvalue weighted by Gasteiger charge is 2.35. The van der Waals surface area contributed by atoms with Crippen molar-refractivity contribution in [3.8, 4) is 5.75 Å². The molecule has 0 saturated heterocycles. The van der Waals surface area contributed by atoms with Crippen LogP contribution < -0.4 is 5.73 Å². The standard InChI is InChI=1S/C11H15NO/c1-6-3-8(9-5-10(9)12)4-7(2)11(6)13/h3-4,9-10,13H,5,12H2,1-2H3/t9-,10+/m0/s1. The first-order chi connectivity index (χ1) is 6.09. The maximum absolute atomic E-state index is 9.57. The van der Waals surface area contributed by atoms with Gasteiger partial charge in [0, 0.05) is 12.0 Å². The second-order valence-electron chi connectivity index (χ2n) is 4.01. The number of nitrogens with two attached hydrogens (primary N) is 1. The summed E-state index contributed by atoms with van der Waals surface area (Å²) in [6.07, 6.45) is 1.09. The average Bonchev–Trinajstić information content (AvgIpc) is 2.77. The minimum absolute atomic E-state index is 0.336. The Morgan fingerprint density at radius 3 is 2.15 bits per heavy atom. The van der Waals surface area contributed by atoms with Gasteiger partial charge in [0.25, 0.3) is 0 Å². The summed E-state index contributed by atoms with van der Waals surface area (Å²) < 4.78 is 0. The Labute approximate surface area is 78.4 Å². The molecule has 0 spiro atoms. The van der Waals surface area contributed by atoms with Crippen molar-refractivity contribution in [1.82, 2.24) is 0 Å². The highest BCUT2D eigenvalue weighted by molar-refractivity contribution is 5.44. The summed E-state index contributed by atoms with van der Waals surface area (Å²) in [6, 6.07) is 4.42. The predicted octanol–water partition coefficient (Wildman–Crippen LogP) is 1.82. The lowest BCUT2D eigenvalue weighted by Gasteiger charge is -2.06. The van der Waals surface area contributed by atoms with Crippen LogP contribution in [0.5, 0.6) is 5.75 Å². The fraction of sp³-hybridized carbons (Fsp3) is 0.455. The van der Waals surface area contributed by atoms with E-state index >= 15 is 0 Å². The van der Waals surface area contributed by atoms with Crippen LogP contribution in [0.2, 0.25) is 0 Å². The van der Waals surface area contributed by atoms with Gasteiger partial charge in [-0.1, -0.05) is 12.1 Å². The van der Waals surface area contributed by atoms with Crippen molar-refractivity contribution in [3.63, 3.8) is 0 Å². The number of rotatable bonds is 1. The minimum atomic E-state index is 0.336. The van der Waals surface area contributed by atoms with Crippen LogP contribution >= 0.6 is 0 Å². The third-order valence-electron chi connectivity index (χ3n) is 2.78. The average molecular weight is 177 g/mol. The van der Waals surface area contributed by atoms with Crippen LogP contribution in [0.4, 0.5) is 0 Å². The zero-order chi connectivity index (χ0) is 9.59. The molecular weight excluding hydrogens is 162 g/mol. The maximum Gasteiger partial charge on any atom is 0.121 e. The van der Waals surface area contributed by atoms with Gasteiger partial charge < -0.3 is 10.8 Å². The van der Waals surface area contributed by atoms with E-state index in [1.54, 1.807) is 0 Å². The minimum Gasteiger partial charge on any atom is -0.507 e. The second-order valence-corrected chi connectivity index (χ2v) is 4.01. The molecule has 0 aromatic heterocycles. The zero-order valence-corrected chi connectivity index (χ0v) is 8.04. The summed E-state index contributed by atoms with van der Waals surface area (Å²) in [5.41, 5.74) is 8.96. The molecule has 0 radical (unpaired) electrons. The van der Waals surface area contributed by atoms with E-state index in [-0.39, 0.29) is 0 Å². The van der Waals surface area contributed by atoms with Crippen LogP contribution in [0.3, 0.4) is 0 Å². The highest BCUT2D eigenvalue weighted by Crippen LogP contribution is 2.40. The van der Waals surface area contributed by atoms with Crippen molar-refractivity contribution in [2.24, 2.45) is 5.73 Å². The van der Waals surface area contributed by atoms with Crippen LogP contribution in [0.25, 0.3) is 0 Å². The van der Waals surface area contributed by atoms with Gasteiger partial charge in [-0.05, 0) is 37.0 Å². The monoisotopic (exact) mass is 177 g/mol. The Kier molecular flexibility index (Phi) is 1.81. The molecule has 0 unspecified atom stereocenters. The molecule has 0 amide bonds. The first-order valence-corrected chi connectivity index (χ1v) is 4.65. The number of aromatic hydroxyl groups is 1. The lowest BCUT2D eigenvalue weighted by molar-refractivity contribution is 0.466. The molecule has 1 saturated carbocycles. The van der Waals surface area contributed by atoms with Gasteiger partial charge in [0.1, 0.15) is 5.75 Å². The summed E-state index contributed by atoms with van der Waals surface area (Å²) in [7, 11) is 0. The van der Waals surface area contributed by atoms with Crippen molar-refractivity contribution >= 4 is 0 Å². The molecule has 1 aliphatic carbocycles. The van der Waals surface area contributed by atoms with E-state index in [0.29, 0.717) is 17.7 Å². The first kappa shape index (κ1) is 8.57. The summed E-state index contributed by atoms with van der Waals surface area (Å²) in [5.74, 6) is 0.941. The molecule has 13 heavy (non-hydrogen) atoms. The maximum atomic E-state index is 9.57. The number of hydrogen-bond acceptors (Lipinski definition) is 2. The van der Waals surface area contributed by atoms with Gasteiger partial charge in [0.2, 0.25) is 0 Å². The number of phenols is 1. The lowest BCUT2D eigenvalue weighted by atomic mass is 10.0. The summed E-state index contributed by atoms with van der Waals surface area (Å²) >= 11 is 0. The van der Waals surface area contributed by atoms with E-state index in [4.69, 9.17) is 5.73 Å². The number of hydrogen-bond donors (Lipinski definition) is 2. The topological polar surface area (TPSA) is 46.2 Å². The van der Waals surface area contributed by atoms with Crippen molar-refractivity contribution in [2.75, 3.05) is 0 Å². The third-order valence-corrected chi connectivity index (χ3v) is 2.78. The van der Waals surface area contributed by atoms with Crippen molar-refractivity contribution in [1.29, 1.82) is 0 Å². The molecule has 2 heteroatoms. The number of aryl methyl sites for hydroxylation is 2. The van der Waals surface area contributed by atoms with Gasteiger partial charge >= 0.3 is 0 Å². The Hall–Kier alpha value is -1.02. The van der Waals surface area contributed by atoms with E-state index in [0.717, 1.165) is 17.5 Å². The Morgan fingerprint density at radius 2 is 1.77 bits per heavy atom. The lowest BCUT2D eigenvalue weighted by Crippen LogP contribution is -2.01. The van der Waals surface area contributed by atoms with E-state index in [2.05, 4.69) is 0 Å². The molecular formula is C11H15NO. The van der Waals surface area contributed by atoms with E-state index < -0.39 is 0 Å². The molecule has 70 valence electrons. The molecule has 3 N–H and O–H groups in total. The number of phenolic OH excluding ortho intramolecular Hbond substituents is 1. The zero-order valence-electron chi connectivity index (χ0n) is 8.04. The first-order valence-electron chi connectivity index (χ1n) is 4.65. The van der Waals surface area contributed by atoms with E-state index in [1.807, 2.05) is 26.0 Å². The third kappa shape index (κ3) is 1.42. The van der Waals surface area contributed by atoms with Gasteiger partial charge in [-0.3, -0.25) is 0 Å². The smallest absolute Gasteiger partial charge is 0.121 e. The molecule has 0 bridgehead atoms. The predicted molar refractivity (Wildman–Crippen MR) is 52.9 cm³/mol. The Balaban J connectivity index is 2.39. The fourth-order valence-corrected chi connectivity index (χ4v) is 1.80. The fourth-order valence-electron chi connectivity index (χ4n) is 1.80. The van der Waals surface area contributed by atoms with Gasteiger partial charge in [0.15, 0.2) is 0 Å². The van der Waals surface area contributed by atoms with Gasteiger partial charge in [-0.25, -0.2) is 0 Å². The van der Waals surface area contributed by atoms with Crippen LogP contribution in [-0.2, 0) is 0 Å². The van der Waals surface area contributed by atoms with Crippen LogP contribution in [0, 0.1) is 13.8 Å². The van der Waals surface area contributed by atoms with Crippen LogP contribution in [0.15, 0.2) is 12.1 Å². The highest BCUT2D eigenvalue weighted by atomic mass is 16.3. The van der Waals surface area contributed by atoms with Crippen molar-refractivity contribution in [3.05, 3.63) is 28.8 Å². The van der Waals surface area contributed by atoms with Gasteiger partial charge in [-0.15, -0.1) is 0 Å². The van der Waals surface area contributed by atoms with Crippen molar-refractivity contribution in [2.45, 2.75) is 32.2 Å². The second kappa shape index (κ2) is 2.74. The normalized spacial score (nSPS) is 26.1. The molecule has 2 nitrogen and oxygen atoms in total. The molecule has 2 atom stereocenters. The summed E-state index contributed by atoms with van der Waals surface area (Å²) in [6.45, 7) is 3.86. The van der Waals surface area contributed by atoms with Crippen molar-refractivity contribution < 1.29 is 5.11 Å². The Bertz CT molecular complexity index is 323. The van der Waals surface area contributed by atoms with Gasteiger partial charge in [-0.2, -0.15) is 0 Å². The van der Waals surface area contributed by atoms with Gasteiger partial charge in [0.05, 0.1) is 0 Å². The number of benzene rings is 1. The van der Waals surface area contributed by atoms with Crippen LogP contribution in [0.1, 0.15) is 29.0 Å². The summed E-state index contributed by atoms with van der Waals surface area (Å²) in [4.78, 5) is 0. The summed E-state index contributed by atoms with van der Waals surface area (Å²) in [5, 5.41) is 9.57. The molecule has 1 aliphatic rings. The molecule has 2 rings (SSSR count). The quantitative estimate of drug-likeness (QED) is 0.687. The SMILES string of the molecule is Cc1cc([C@@H]2C[C@H]2N)cc(C)c1O. The molecule has 0 heterocycles. The molecule has 1 fully saturated rings. The molecule has 1 aromatic carbocycles. The molecule has 1 aromatic rings. The van der Waals surface area contributed by atoms with Crippen LogP contribution in [-0.4, -0.2) is 11.1 Å². The van der Waals surface area contributed by atoms with E-state index in [9.17, 15) is 5.11 Å². The largest absolute Gasteiger partial charge is 0.507 e. The Morgan fingerprint density at radius 1 is 1.31 bits per heavy atom.